The number of nitrogens with zero attached hydrogens (tertiary/aromatic N) is 3. The molecule has 1 aliphatic heterocycles. The molecule has 5 nitrogen and oxygen atoms in total. The summed E-state index contributed by atoms with van der Waals surface area (Å²) in [6.07, 6.45) is 3.26. The maximum Gasteiger partial charge on any atom is 0.266 e. The molecule has 0 spiro atoms. The Kier molecular flexibility index (Phi) is 7.08. The van der Waals surface area contributed by atoms with Gasteiger partial charge in [-0.2, -0.15) is 5.26 Å². The second-order valence-corrected chi connectivity index (χ2v) is 7.23. The van der Waals surface area contributed by atoms with Gasteiger partial charge in [0.15, 0.2) is 0 Å². The van der Waals surface area contributed by atoms with E-state index >= 15 is 0 Å². The topological polar surface area (TPSA) is 59.4 Å². The Balaban J connectivity index is 1.67. The monoisotopic (exact) mass is 406 g/mol. The molecule has 1 saturated heterocycles. The number of carbonyl (C=O) groups is 1. The van der Waals surface area contributed by atoms with E-state index in [1.54, 1.807) is 17.0 Å². The number of hydrogen-bond donors (Lipinski definition) is 1. The highest BCUT2D eigenvalue weighted by molar-refractivity contribution is 5.97. The number of rotatable bonds is 6. The van der Waals surface area contributed by atoms with Crippen LogP contribution < -0.4 is 10.2 Å². The zero-order valence-corrected chi connectivity index (χ0v) is 17.5. The highest BCUT2D eigenvalue weighted by Gasteiger charge is 2.24. The minimum absolute atomic E-state index is 0.0955. The number of hydrogen-bond acceptors (Lipinski definition) is 4. The van der Waals surface area contributed by atoms with Gasteiger partial charge in [0.1, 0.15) is 17.5 Å². The molecule has 156 valence electrons. The second-order valence-electron chi connectivity index (χ2n) is 7.23. The van der Waals surface area contributed by atoms with Gasteiger partial charge >= 0.3 is 0 Å². The summed E-state index contributed by atoms with van der Waals surface area (Å²) in [7, 11) is 0. The minimum atomic E-state index is -0.268. The van der Waals surface area contributed by atoms with Crippen molar-refractivity contribution in [1.29, 1.82) is 5.26 Å². The maximum absolute atomic E-state index is 13.1. The smallest absolute Gasteiger partial charge is 0.266 e. The molecule has 0 atom stereocenters. The SMILES string of the molecule is CCc1cccc(CC)c1N/C=C(/C#N)C(=O)N1CCN(c2ccc(F)cc2)CC1. The first-order chi connectivity index (χ1) is 14.6. The van der Waals surface area contributed by atoms with Gasteiger partial charge in [0, 0.05) is 43.8 Å². The van der Waals surface area contributed by atoms with Gasteiger partial charge in [-0.1, -0.05) is 32.0 Å². The summed E-state index contributed by atoms with van der Waals surface area (Å²) in [4.78, 5) is 16.7. The summed E-state index contributed by atoms with van der Waals surface area (Å²) >= 11 is 0. The van der Waals surface area contributed by atoms with E-state index in [9.17, 15) is 14.4 Å². The number of nitrogens with one attached hydrogen (secondary N) is 1. The van der Waals surface area contributed by atoms with Crippen molar-refractivity contribution in [3.8, 4) is 6.07 Å². The molecular weight excluding hydrogens is 379 g/mol. The van der Waals surface area contributed by atoms with Gasteiger partial charge in [-0.05, 0) is 48.2 Å². The average Bonchev–Trinajstić information content (AvgIpc) is 2.79. The zero-order valence-electron chi connectivity index (χ0n) is 17.5. The van der Waals surface area contributed by atoms with Crippen molar-refractivity contribution < 1.29 is 9.18 Å². The minimum Gasteiger partial charge on any atom is -0.368 e. The Morgan fingerprint density at radius 3 is 2.20 bits per heavy atom. The maximum atomic E-state index is 13.1. The summed E-state index contributed by atoms with van der Waals surface area (Å²) in [5.74, 6) is -0.532. The Bertz CT molecular complexity index is 932. The van der Waals surface area contributed by atoms with Gasteiger partial charge in [0.05, 0.1) is 0 Å². The number of nitriles is 1. The average molecular weight is 407 g/mol. The fourth-order valence-corrected chi connectivity index (χ4v) is 3.70. The molecule has 30 heavy (non-hydrogen) atoms. The van der Waals surface area contributed by atoms with Crippen LogP contribution in [0.25, 0.3) is 0 Å². The molecule has 1 N–H and O–H groups in total. The van der Waals surface area contributed by atoms with Crippen LogP contribution in [0.2, 0.25) is 0 Å². The van der Waals surface area contributed by atoms with E-state index in [1.807, 2.05) is 12.1 Å². The van der Waals surface area contributed by atoms with Gasteiger partial charge in [-0.25, -0.2) is 4.39 Å². The van der Waals surface area contributed by atoms with Crippen molar-refractivity contribution in [3.05, 3.63) is 71.2 Å². The van der Waals surface area contributed by atoms with Crippen LogP contribution in [0.1, 0.15) is 25.0 Å². The van der Waals surface area contributed by atoms with Crippen LogP contribution in [-0.2, 0) is 17.6 Å². The summed E-state index contributed by atoms with van der Waals surface area (Å²) in [5, 5.41) is 12.8. The van der Waals surface area contributed by atoms with Crippen molar-refractivity contribution in [3.63, 3.8) is 0 Å². The molecule has 2 aromatic rings. The Morgan fingerprint density at radius 2 is 1.67 bits per heavy atom. The lowest BCUT2D eigenvalue weighted by molar-refractivity contribution is -0.127. The highest BCUT2D eigenvalue weighted by Crippen LogP contribution is 2.23. The predicted octanol–water partition coefficient (Wildman–Crippen LogP) is 4.12. The molecular formula is C24H27FN4O. The van der Waals surface area contributed by atoms with Crippen molar-refractivity contribution in [2.24, 2.45) is 0 Å². The third kappa shape index (κ3) is 4.80. The molecule has 0 bridgehead atoms. The number of carbonyl (C=O) groups excluding carboxylic acids is 1. The number of anilines is 2. The van der Waals surface area contributed by atoms with Crippen LogP contribution in [-0.4, -0.2) is 37.0 Å². The number of para-hydroxylation sites is 1. The number of amides is 1. The fraction of sp³-hybridized carbons (Fsp3) is 0.333. The molecule has 0 saturated carbocycles. The van der Waals surface area contributed by atoms with Gasteiger partial charge in [-0.3, -0.25) is 4.79 Å². The third-order valence-electron chi connectivity index (χ3n) is 5.47. The predicted molar refractivity (Wildman–Crippen MR) is 118 cm³/mol. The molecule has 2 aromatic carbocycles. The zero-order chi connectivity index (χ0) is 21.5. The number of aryl methyl sites for hydroxylation is 2. The Labute approximate surface area is 177 Å². The van der Waals surface area contributed by atoms with E-state index in [4.69, 9.17) is 0 Å². The van der Waals surface area contributed by atoms with Crippen molar-refractivity contribution in [2.75, 3.05) is 36.4 Å². The number of benzene rings is 2. The molecule has 0 aliphatic carbocycles. The molecule has 1 amide bonds. The van der Waals surface area contributed by atoms with E-state index in [1.165, 1.54) is 18.3 Å². The molecule has 1 fully saturated rings. The van der Waals surface area contributed by atoms with Crippen molar-refractivity contribution in [2.45, 2.75) is 26.7 Å². The van der Waals surface area contributed by atoms with E-state index in [0.717, 1.165) is 35.3 Å². The molecule has 6 heteroatoms. The van der Waals surface area contributed by atoms with E-state index < -0.39 is 0 Å². The summed E-state index contributed by atoms with van der Waals surface area (Å²) in [6.45, 7) is 6.48. The fourth-order valence-electron chi connectivity index (χ4n) is 3.70. The summed E-state index contributed by atoms with van der Waals surface area (Å²) in [6, 6.07) is 14.5. The van der Waals surface area contributed by atoms with Gasteiger partial charge in [0.2, 0.25) is 0 Å². The largest absolute Gasteiger partial charge is 0.368 e. The van der Waals surface area contributed by atoms with Crippen LogP contribution in [0.3, 0.4) is 0 Å². The first-order valence-corrected chi connectivity index (χ1v) is 10.3. The van der Waals surface area contributed by atoms with Crippen LogP contribution in [0.15, 0.2) is 54.2 Å². The molecule has 0 aromatic heterocycles. The quantitative estimate of drug-likeness (QED) is 0.579. The third-order valence-corrected chi connectivity index (χ3v) is 5.47. The lowest BCUT2D eigenvalue weighted by Crippen LogP contribution is -2.49. The van der Waals surface area contributed by atoms with Crippen LogP contribution in [0, 0.1) is 17.1 Å². The van der Waals surface area contributed by atoms with Gasteiger partial charge < -0.3 is 15.1 Å². The van der Waals surface area contributed by atoms with Gasteiger partial charge in [0.25, 0.3) is 5.91 Å². The lowest BCUT2D eigenvalue weighted by atomic mass is 10.0. The molecule has 3 rings (SSSR count). The lowest BCUT2D eigenvalue weighted by Gasteiger charge is -2.36. The van der Waals surface area contributed by atoms with Crippen LogP contribution in [0.5, 0.6) is 0 Å². The first-order valence-electron chi connectivity index (χ1n) is 10.3. The Hall–Kier alpha value is -3.33. The number of halogens is 1. The van der Waals surface area contributed by atoms with Crippen molar-refractivity contribution >= 4 is 17.3 Å². The van der Waals surface area contributed by atoms with Crippen LogP contribution in [0.4, 0.5) is 15.8 Å². The summed E-state index contributed by atoms with van der Waals surface area (Å²) in [5.41, 5.74) is 4.32. The van der Waals surface area contributed by atoms with E-state index in [0.29, 0.717) is 26.2 Å². The van der Waals surface area contributed by atoms with Crippen LogP contribution >= 0.6 is 0 Å². The molecule has 0 unspecified atom stereocenters. The normalized spacial score (nSPS) is 14.4. The Morgan fingerprint density at radius 1 is 1.07 bits per heavy atom. The van der Waals surface area contributed by atoms with Gasteiger partial charge in [-0.15, -0.1) is 0 Å². The standard InChI is InChI=1S/C24H27FN4O/c1-3-18-6-5-7-19(4-2)23(18)27-17-20(16-26)24(30)29-14-12-28(13-15-29)22-10-8-21(25)9-11-22/h5-11,17,27H,3-4,12-15H2,1-2H3/b20-17-. The van der Waals surface area contributed by atoms with E-state index in [2.05, 4.69) is 36.2 Å². The highest BCUT2D eigenvalue weighted by atomic mass is 19.1. The molecule has 0 radical (unpaired) electrons. The summed E-state index contributed by atoms with van der Waals surface area (Å²) < 4.78 is 13.1. The second kappa shape index (κ2) is 9.93. The number of piperazine rings is 1. The van der Waals surface area contributed by atoms with Crippen molar-refractivity contribution in [1.82, 2.24) is 4.90 Å². The van der Waals surface area contributed by atoms with E-state index in [-0.39, 0.29) is 17.3 Å². The first kappa shape index (κ1) is 21.4. The molecule has 1 aliphatic rings. The molecule has 1 heterocycles.